The van der Waals surface area contributed by atoms with Crippen molar-refractivity contribution in [2.45, 2.75) is 90.4 Å². The maximum absolute atomic E-state index is 3.77. The van der Waals surface area contributed by atoms with Gasteiger partial charge >= 0.3 is 0 Å². The van der Waals surface area contributed by atoms with E-state index in [9.17, 15) is 0 Å². The molecule has 2 aliphatic heterocycles. The Bertz CT molecular complexity index is 252. The fourth-order valence-electron chi connectivity index (χ4n) is 4.17. The first-order chi connectivity index (χ1) is 8.95. The topological polar surface area (TPSA) is 15.3 Å². The maximum atomic E-state index is 3.77. The molecule has 0 saturated carbocycles. The molecule has 0 spiro atoms. The summed E-state index contributed by atoms with van der Waals surface area (Å²) in [6, 6.07) is 3.22. The van der Waals surface area contributed by atoms with Gasteiger partial charge in [0.15, 0.2) is 0 Å². The second-order valence-electron chi connectivity index (χ2n) is 7.84. The first kappa shape index (κ1) is 15.3. The van der Waals surface area contributed by atoms with Crippen LogP contribution in [-0.2, 0) is 0 Å². The predicted octanol–water partition coefficient (Wildman–Crippen LogP) is 3.66. The minimum atomic E-state index is 0.780. The smallest absolute Gasteiger partial charge is 0.0125 e. The van der Waals surface area contributed by atoms with Crippen LogP contribution in [0.25, 0.3) is 0 Å². The normalized spacial score (nSPS) is 31.1. The molecule has 2 atom stereocenters. The van der Waals surface area contributed by atoms with Gasteiger partial charge in [-0.05, 0) is 57.4 Å². The van der Waals surface area contributed by atoms with Crippen LogP contribution in [0.2, 0.25) is 0 Å². The van der Waals surface area contributed by atoms with Crippen molar-refractivity contribution < 1.29 is 0 Å². The van der Waals surface area contributed by atoms with Crippen molar-refractivity contribution in [2.24, 2.45) is 11.8 Å². The third-order valence-corrected chi connectivity index (χ3v) is 5.09. The summed E-state index contributed by atoms with van der Waals surface area (Å²) in [5.41, 5.74) is 0. The Hall–Kier alpha value is -0.0800. The van der Waals surface area contributed by atoms with Crippen LogP contribution in [-0.4, -0.2) is 36.1 Å². The summed E-state index contributed by atoms with van der Waals surface area (Å²) in [7, 11) is 2.39. The summed E-state index contributed by atoms with van der Waals surface area (Å²) < 4.78 is 0. The lowest BCUT2D eigenvalue weighted by atomic mass is 9.90. The van der Waals surface area contributed by atoms with E-state index in [4.69, 9.17) is 0 Å². The molecule has 2 nitrogen and oxygen atoms in total. The van der Waals surface area contributed by atoms with E-state index >= 15 is 0 Å². The Kier molecular flexibility index (Phi) is 5.30. The Balaban J connectivity index is 1.95. The second kappa shape index (κ2) is 6.58. The van der Waals surface area contributed by atoms with Crippen LogP contribution in [0.5, 0.6) is 0 Å². The van der Waals surface area contributed by atoms with E-state index in [0.29, 0.717) is 0 Å². The van der Waals surface area contributed by atoms with Crippen LogP contribution in [0, 0.1) is 11.8 Å². The van der Waals surface area contributed by atoms with Crippen molar-refractivity contribution in [3.05, 3.63) is 0 Å². The molecular formula is C17H34N2. The highest BCUT2D eigenvalue weighted by Crippen LogP contribution is 2.32. The van der Waals surface area contributed by atoms with E-state index in [1.54, 1.807) is 0 Å². The summed E-state index contributed by atoms with van der Waals surface area (Å²) in [6.45, 7) is 9.47. The second-order valence-corrected chi connectivity index (χ2v) is 7.84. The van der Waals surface area contributed by atoms with Gasteiger partial charge in [-0.2, -0.15) is 0 Å². The number of hydrogen-bond donors (Lipinski definition) is 1. The molecule has 2 aliphatic rings. The standard InChI is InChI=1S/C17H34N2/c1-12(2)8-16(9-13(3)4)19(5)17-10-14-6-7-15(11-17)18-14/h12-18H,6-11H2,1-5H3. The van der Waals surface area contributed by atoms with Crippen LogP contribution in [0.1, 0.15) is 66.2 Å². The molecule has 2 heterocycles. The maximum Gasteiger partial charge on any atom is 0.0125 e. The number of nitrogens with zero attached hydrogens (tertiary/aromatic N) is 1. The molecule has 0 radical (unpaired) electrons. The summed E-state index contributed by atoms with van der Waals surface area (Å²) in [5.74, 6) is 1.62. The fraction of sp³-hybridized carbons (Fsp3) is 1.00. The lowest BCUT2D eigenvalue weighted by Gasteiger charge is -2.41. The van der Waals surface area contributed by atoms with E-state index in [1.807, 2.05) is 0 Å². The lowest BCUT2D eigenvalue weighted by Crippen LogP contribution is -2.50. The molecule has 2 bridgehead atoms. The zero-order valence-electron chi connectivity index (χ0n) is 13.7. The SMILES string of the molecule is CC(C)CC(CC(C)C)N(C)C1CC2CCC(C1)N2. The van der Waals surface area contributed by atoms with Crippen molar-refractivity contribution in [1.29, 1.82) is 0 Å². The molecule has 0 amide bonds. The molecule has 1 N–H and O–H groups in total. The first-order valence-corrected chi connectivity index (χ1v) is 8.43. The number of fused-ring (bicyclic) bond motifs is 2. The largest absolute Gasteiger partial charge is 0.311 e. The lowest BCUT2D eigenvalue weighted by molar-refractivity contribution is 0.0982. The van der Waals surface area contributed by atoms with Gasteiger partial charge < -0.3 is 10.2 Å². The highest BCUT2D eigenvalue weighted by atomic mass is 15.2. The molecule has 2 unspecified atom stereocenters. The number of nitrogens with one attached hydrogen (secondary N) is 1. The summed E-state index contributed by atoms with van der Waals surface area (Å²) in [6.07, 6.45) is 8.28. The van der Waals surface area contributed by atoms with Crippen LogP contribution in [0.4, 0.5) is 0 Å². The third-order valence-electron chi connectivity index (χ3n) is 5.09. The van der Waals surface area contributed by atoms with E-state index in [1.165, 1.54) is 38.5 Å². The minimum absolute atomic E-state index is 0.780. The van der Waals surface area contributed by atoms with Crippen molar-refractivity contribution in [3.63, 3.8) is 0 Å². The zero-order chi connectivity index (χ0) is 14.0. The van der Waals surface area contributed by atoms with E-state index in [-0.39, 0.29) is 0 Å². The molecule has 2 heteroatoms. The van der Waals surface area contributed by atoms with Gasteiger partial charge in [-0.3, -0.25) is 0 Å². The van der Waals surface area contributed by atoms with E-state index < -0.39 is 0 Å². The average molecular weight is 266 g/mol. The van der Waals surface area contributed by atoms with Gasteiger partial charge in [-0.15, -0.1) is 0 Å². The van der Waals surface area contributed by atoms with E-state index in [2.05, 4.69) is 45.0 Å². The van der Waals surface area contributed by atoms with Crippen molar-refractivity contribution in [3.8, 4) is 0 Å². The molecule has 112 valence electrons. The Morgan fingerprint density at radius 1 is 0.947 bits per heavy atom. The molecule has 2 rings (SSSR count). The Labute approximate surface area is 120 Å². The predicted molar refractivity (Wildman–Crippen MR) is 83.4 cm³/mol. The average Bonchev–Trinajstić information content (AvgIpc) is 2.65. The minimum Gasteiger partial charge on any atom is -0.311 e. The quantitative estimate of drug-likeness (QED) is 0.789. The third kappa shape index (κ3) is 4.19. The highest BCUT2D eigenvalue weighted by molar-refractivity contribution is 4.96. The van der Waals surface area contributed by atoms with Gasteiger partial charge in [0.25, 0.3) is 0 Å². The molecule has 2 saturated heterocycles. The highest BCUT2D eigenvalue weighted by Gasteiger charge is 2.36. The number of hydrogen-bond acceptors (Lipinski definition) is 2. The molecule has 0 aromatic carbocycles. The van der Waals surface area contributed by atoms with Crippen LogP contribution in [0.15, 0.2) is 0 Å². The van der Waals surface area contributed by atoms with Gasteiger partial charge in [0, 0.05) is 24.2 Å². The van der Waals surface area contributed by atoms with Crippen molar-refractivity contribution >= 4 is 0 Å². The summed E-state index contributed by atoms with van der Waals surface area (Å²) in [5, 5.41) is 3.77. The Morgan fingerprint density at radius 3 is 1.84 bits per heavy atom. The Morgan fingerprint density at radius 2 is 1.42 bits per heavy atom. The van der Waals surface area contributed by atoms with Crippen molar-refractivity contribution in [2.75, 3.05) is 7.05 Å². The van der Waals surface area contributed by atoms with Gasteiger partial charge in [0.05, 0.1) is 0 Å². The molecular weight excluding hydrogens is 232 g/mol. The zero-order valence-corrected chi connectivity index (χ0v) is 13.7. The summed E-state index contributed by atoms with van der Waals surface area (Å²) in [4.78, 5) is 2.74. The van der Waals surface area contributed by atoms with Crippen LogP contribution >= 0.6 is 0 Å². The van der Waals surface area contributed by atoms with Crippen molar-refractivity contribution in [1.82, 2.24) is 10.2 Å². The molecule has 0 aromatic rings. The number of rotatable bonds is 6. The fourth-order valence-corrected chi connectivity index (χ4v) is 4.17. The molecule has 2 fully saturated rings. The first-order valence-electron chi connectivity index (χ1n) is 8.43. The van der Waals surface area contributed by atoms with E-state index in [0.717, 1.165) is 36.0 Å². The van der Waals surface area contributed by atoms with Crippen LogP contribution in [0.3, 0.4) is 0 Å². The van der Waals surface area contributed by atoms with Gasteiger partial charge in [0.1, 0.15) is 0 Å². The van der Waals surface area contributed by atoms with Crippen LogP contribution < -0.4 is 5.32 Å². The van der Waals surface area contributed by atoms with Gasteiger partial charge in [-0.25, -0.2) is 0 Å². The molecule has 0 aromatic heterocycles. The summed E-state index contributed by atoms with van der Waals surface area (Å²) >= 11 is 0. The molecule has 0 aliphatic carbocycles. The van der Waals surface area contributed by atoms with Gasteiger partial charge in [0.2, 0.25) is 0 Å². The monoisotopic (exact) mass is 266 g/mol. The molecule has 19 heavy (non-hydrogen) atoms. The number of piperidine rings is 1. The van der Waals surface area contributed by atoms with Gasteiger partial charge in [-0.1, -0.05) is 27.7 Å².